The molecular formula is C21H22N6O. The van der Waals surface area contributed by atoms with Gasteiger partial charge in [0.2, 0.25) is 5.95 Å². The summed E-state index contributed by atoms with van der Waals surface area (Å²) in [5.41, 5.74) is 3.53. The van der Waals surface area contributed by atoms with Crippen molar-refractivity contribution in [1.29, 1.82) is 0 Å². The van der Waals surface area contributed by atoms with Crippen LogP contribution in [0.3, 0.4) is 0 Å². The number of nitrogens with one attached hydrogen (secondary N) is 1. The van der Waals surface area contributed by atoms with Crippen LogP contribution in [0.25, 0.3) is 0 Å². The van der Waals surface area contributed by atoms with Crippen molar-refractivity contribution in [1.82, 2.24) is 19.9 Å². The monoisotopic (exact) mass is 374 g/mol. The number of aryl methyl sites for hydroxylation is 1. The van der Waals surface area contributed by atoms with Gasteiger partial charge < -0.3 is 15.1 Å². The third kappa shape index (κ3) is 3.93. The van der Waals surface area contributed by atoms with E-state index in [0.29, 0.717) is 37.7 Å². The molecule has 0 radical (unpaired) electrons. The summed E-state index contributed by atoms with van der Waals surface area (Å²) in [4.78, 5) is 29.7. The molecule has 2 aromatic heterocycles. The Morgan fingerprint density at radius 3 is 2.50 bits per heavy atom. The molecule has 28 heavy (non-hydrogen) atoms. The third-order valence-electron chi connectivity index (χ3n) is 4.81. The van der Waals surface area contributed by atoms with Gasteiger partial charge in [0.1, 0.15) is 0 Å². The number of carbonyl (C=O) groups is 1. The second kappa shape index (κ2) is 8.04. The number of hydrogen-bond acceptors (Lipinski definition) is 6. The van der Waals surface area contributed by atoms with E-state index in [0.717, 1.165) is 16.9 Å². The molecule has 7 heteroatoms. The predicted octanol–water partition coefficient (Wildman–Crippen LogP) is 2.89. The average Bonchev–Trinajstić information content (AvgIpc) is 2.76. The van der Waals surface area contributed by atoms with E-state index < -0.39 is 0 Å². The van der Waals surface area contributed by atoms with E-state index in [-0.39, 0.29) is 5.91 Å². The largest absolute Gasteiger partial charge is 0.354 e. The maximum absolute atomic E-state index is 12.9. The minimum atomic E-state index is -0.00503. The lowest BCUT2D eigenvalue weighted by Gasteiger charge is -2.34. The number of aromatic nitrogens is 3. The number of anilines is 3. The smallest absolute Gasteiger partial charge is 0.255 e. The van der Waals surface area contributed by atoms with Gasteiger partial charge in [-0.2, -0.15) is 0 Å². The highest BCUT2D eigenvalue weighted by molar-refractivity contribution is 5.95. The van der Waals surface area contributed by atoms with Crippen molar-refractivity contribution < 1.29 is 4.79 Å². The van der Waals surface area contributed by atoms with E-state index in [1.54, 1.807) is 30.9 Å². The predicted molar refractivity (Wildman–Crippen MR) is 109 cm³/mol. The Morgan fingerprint density at radius 1 is 1.00 bits per heavy atom. The Hall–Kier alpha value is -3.48. The van der Waals surface area contributed by atoms with Crippen molar-refractivity contribution in [3.8, 4) is 0 Å². The quantitative estimate of drug-likeness (QED) is 0.757. The van der Waals surface area contributed by atoms with Crippen LogP contribution in [0.2, 0.25) is 0 Å². The Balaban J connectivity index is 1.42. The van der Waals surface area contributed by atoms with E-state index in [1.165, 1.54) is 0 Å². The van der Waals surface area contributed by atoms with E-state index >= 15 is 0 Å². The summed E-state index contributed by atoms with van der Waals surface area (Å²) in [6.07, 6.45) is 6.82. The maximum atomic E-state index is 12.9. The fraction of sp³-hybridized carbons (Fsp3) is 0.238. The Morgan fingerprint density at radius 2 is 1.75 bits per heavy atom. The third-order valence-corrected chi connectivity index (χ3v) is 4.81. The topological polar surface area (TPSA) is 74.2 Å². The van der Waals surface area contributed by atoms with E-state index in [9.17, 15) is 4.79 Å². The number of nitrogens with zero attached hydrogens (tertiary/aromatic N) is 5. The summed E-state index contributed by atoms with van der Waals surface area (Å²) in [5, 5.41) is 3.34. The summed E-state index contributed by atoms with van der Waals surface area (Å²) < 4.78 is 0. The minimum absolute atomic E-state index is 0.00503. The minimum Gasteiger partial charge on any atom is -0.354 e. The van der Waals surface area contributed by atoms with Crippen molar-refractivity contribution >= 4 is 23.2 Å². The Labute approximate surface area is 164 Å². The van der Waals surface area contributed by atoms with Crippen LogP contribution in [0.5, 0.6) is 0 Å². The van der Waals surface area contributed by atoms with Gasteiger partial charge in [-0.3, -0.25) is 9.78 Å². The Bertz CT molecular complexity index is 954. The van der Waals surface area contributed by atoms with Crippen molar-refractivity contribution in [3.05, 3.63) is 72.3 Å². The highest BCUT2D eigenvalue weighted by atomic mass is 16.2. The molecule has 0 spiro atoms. The molecule has 1 aliphatic heterocycles. The number of pyridine rings is 1. The Kier molecular flexibility index (Phi) is 5.14. The van der Waals surface area contributed by atoms with Gasteiger partial charge >= 0.3 is 0 Å². The molecule has 1 amide bonds. The molecule has 0 bridgehead atoms. The summed E-state index contributed by atoms with van der Waals surface area (Å²) in [7, 11) is 0. The lowest BCUT2D eigenvalue weighted by atomic mass is 10.2. The fourth-order valence-electron chi connectivity index (χ4n) is 3.24. The lowest BCUT2D eigenvalue weighted by Crippen LogP contribution is -2.49. The molecule has 4 rings (SSSR count). The maximum Gasteiger partial charge on any atom is 0.255 e. The van der Waals surface area contributed by atoms with Crippen LogP contribution in [0.15, 0.2) is 61.2 Å². The SMILES string of the molecule is Cc1ccccc1Nc1cncc(C(=O)N2CCN(c3ncccn3)CC2)c1. The van der Waals surface area contributed by atoms with Gasteiger partial charge in [0.25, 0.3) is 5.91 Å². The number of benzene rings is 1. The molecule has 0 unspecified atom stereocenters. The summed E-state index contributed by atoms with van der Waals surface area (Å²) in [5.74, 6) is 0.704. The molecule has 3 heterocycles. The number of hydrogen-bond donors (Lipinski definition) is 1. The fourth-order valence-corrected chi connectivity index (χ4v) is 3.24. The normalized spacial score (nSPS) is 14.0. The van der Waals surface area contributed by atoms with Crippen molar-refractivity contribution in [3.63, 3.8) is 0 Å². The van der Waals surface area contributed by atoms with Crippen LogP contribution in [0.1, 0.15) is 15.9 Å². The molecule has 1 aromatic carbocycles. The van der Waals surface area contributed by atoms with Crippen molar-refractivity contribution in [2.24, 2.45) is 0 Å². The number of para-hydroxylation sites is 1. The lowest BCUT2D eigenvalue weighted by molar-refractivity contribution is 0.0746. The highest BCUT2D eigenvalue weighted by Crippen LogP contribution is 2.21. The first-order chi connectivity index (χ1) is 13.7. The number of carbonyl (C=O) groups excluding carboxylic acids is 1. The molecule has 1 N–H and O–H groups in total. The molecule has 0 saturated carbocycles. The van der Waals surface area contributed by atoms with Crippen LogP contribution in [0, 0.1) is 6.92 Å². The second-order valence-corrected chi connectivity index (χ2v) is 6.73. The molecule has 1 saturated heterocycles. The van der Waals surface area contributed by atoms with Crippen LogP contribution in [-0.4, -0.2) is 51.9 Å². The molecule has 0 atom stereocenters. The van der Waals surface area contributed by atoms with Crippen LogP contribution in [0.4, 0.5) is 17.3 Å². The molecule has 3 aromatic rings. The van der Waals surface area contributed by atoms with Crippen LogP contribution >= 0.6 is 0 Å². The van der Waals surface area contributed by atoms with Gasteiger partial charge in [-0.15, -0.1) is 0 Å². The molecule has 7 nitrogen and oxygen atoms in total. The van der Waals surface area contributed by atoms with Gasteiger partial charge in [0, 0.05) is 50.5 Å². The summed E-state index contributed by atoms with van der Waals surface area (Å²) in [6.45, 7) is 4.73. The summed E-state index contributed by atoms with van der Waals surface area (Å²) in [6, 6.07) is 11.7. The number of amides is 1. The van der Waals surface area contributed by atoms with Gasteiger partial charge in [-0.25, -0.2) is 9.97 Å². The zero-order chi connectivity index (χ0) is 19.3. The second-order valence-electron chi connectivity index (χ2n) is 6.73. The van der Waals surface area contributed by atoms with Gasteiger partial charge in [0.05, 0.1) is 17.4 Å². The molecule has 1 aliphatic rings. The first-order valence-corrected chi connectivity index (χ1v) is 9.29. The van der Waals surface area contributed by atoms with Gasteiger partial charge in [-0.1, -0.05) is 18.2 Å². The number of piperazine rings is 1. The zero-order valence-electron chi connectivity index (χ0n) is 15.7. The van der Waals surface area contributed by atoms with Crippen molar-refractivity contribution in [2.45, 2.75) is 6.92 Å². The molecule has 142 valence electrons. The molecule has 1 fully saturated rings. The zero-order valence-corrected chi connectivity index (χ0v) is 15.7. The summed E-state index contributed by atoms with van der Waals surface area (Å²) >= 11 is 0. The van der Waals surface area contributed by atoms with Crippen molar-refractivity contribution in [2.75, 3.05) is 36.4 Å². The standard InChI is InChI=1S/C21H22N6O/c1-16-5-2-3-6-19(16)25-18-13-17(14-22-15-18)20(28)26-9-11-27(12-10-26)21-23-7-4-8-24-21/h2-8,13-15,25H,9-12H2,1H3. The first-order valence-electron chi connectivity index (χ1n) is 9.29. The first kappa shape index (κ1) is 17.9. The van der Waals surface area contributed by atoms with Gasteiger partial charge in [-0.05, 0) is 30.7 Å². The molecule has 0 aliphatic carbocycles. The molecular weight excluding hydrogens is 352 g/mol. The highest BCUT2D eigenvalue weighted by Gasteiger charge is 2.23. The van der Waals surface area contributed by atoms with E-state index in [4.69, 9.17) is 0 Å². The van der Waals surface area contributed by atoms with Crippen LogP contribution < -0.4 is 10.2 Å². The number of rotatable bonds is 4. The van der Waals surface area contributed by atoms with Crippen LogP contribution in [-0.2, 0) is 0 Å². The average molecular weight is 374 g/mol. The van der Waals surface area contributed by atoms with Gasteiger partial charge in [0.15, 0.2) is 0 Å². The van der Waals surface area contributed by atoms with E-state index in [1.807, 2.05) is 42.2 Å². The van der Waals surface area contributed by atoms with E-state index in [2.05, 4.69) is 25.2 Å².